The van der Waals surface area contributed by atoms with Gasteiger partial charge in [-0.1, -0.05) is 0 Å². The van der Waals surface area contributed by atoms with Crippen LogP contribution in [0.15, 0.2) is 52.2 Å². The fourth-order valence-electron chi connectivity index (χ4n) is 3.50. The van der Waals surface area contributed by atoms with Gasteiger partial charge in [-0.3, -0.25) is 14.3 Å². The number of rotatable bonds is 9. The number of halogens is 4. The fourth-order valence-corrected chi connectivity index (χ4v) is 3.50. The lowest BCUT2D eigenvalue weighted by Crippen LogP contribution is -2.47. The maximum Gasteiger partial charge on any atom is 0.422 e. The van der Waals surface area contributed by atoms with E-state index >= 15 is 0 Å². The van der Waals surface area contributed by atoms with Gasteiger partial charge in [0, 0.05) is 63.2 Å². The van der Waals surface area contributed by atoms with Gasteiger partial charge in [0.05, 0.1) is 5.69 Å². The Morgan fingerprint density at radius 2 is 1.63 bits per heavy atom. The third-order valence-corrected chi connectivity index (χ3v) is 5.19. The van der Waals surface area contributed by atoms with Crippen LogP contribution in [0.1, 0.15) is 6.42 Å². The van der Waals surface area contributed by atoms with E-state index in [2.05, 4.69) is 9.88 Å². The number of hydrogen-bond acceptors (Lipinski definition) is 7. The van der Waals surface area contributed by atoms with E-state index < -0.39 is 36.2 Å². The van der Waals surface area contributed by atoms with E-state index in [0.29, 0.717) is 63.5 Å². The molecule has 0 aliphatic carbocycles. The Morgan fingerprint density at radius 3 is 2.18 bits per heavy atom. The van der Waals surface area contributed by atoms with E-state index in [0.717, 1.165) is 10.6 Å². The predicted octanol–water partition coefficient (Wildman–Crippen LogP) is 1.54. The zero-order chi connectivity index (χ0) is 28.3. The minimum Gasteiger partial charge on any atom is -0.482 e. The highest BCUT2D eigenvalue weighted by molar-refractivity contribution is 5.89. The number of carboxylic acid groups (broad SMARTS) is 2. The second kappa shape index (κ2) is 14.0. The van der Waals surface area contributed by atoms with Gasteiger partial charge in [-0.25, -0.2) is 18.8 Å². The number of hydrogen-bond donors (Lipinski definition) is 3. The number of H-pyrrole nitrogens is 1. The smallest absolute Gasteiger partial charge is 0.422 e. The molecule has 0 unspecified atom stereocenters. The Kier molecular flexibility index (Phi) is 11.1. The average Bonchev–Trinajstić information content (AvgIpc) is 2.84. The molecular weight excluding hydrogens is 520 g/mol. The van der Waals surface area contributed by atoms with Gasteiger partial charge < -0.3 is 24.8 Å². The van der Waals surface area contributed by atoms with Gasteiger partial charge in [0.15, 0.2) is 6.61 Å². The second-order valence-corrected chi connectivity index (χ2v) is 7.98. The molecule has 0 atom stereocenters. The van der Waals surface area contributed by atoms with Gasteiger partial charge in [0.25, 0.3) is 5.56 Å². The number of benzene rings is 1. The van der Waals surface area contributed by atoms with Crippen LogP contribution in [-0.2, 0) is 16.1 Å². The number of aromatic amines is 1. The highest BCUT2D eigenvalue weighted by Crippen LogP contribution is 2.31. The standard InChI is InChI=1S/C19H22F4N4O3.C4H4O4/c20-14-2-3-15(16(12-14)30-13-19(21,22)23)26-10-8-25(9-11-26)6-1-7-27-17(28)4-5-24-18(27)29;5-3(6)1-2-4(7)8/h2-5,12H,1,6-11,13H2,(H,24,29);1-2H,(H,5,6)(H,7,8). The number of nitrogens with zero attached hydrogens (tertiary/aromatic N) is 3. The molecule has 3 rings (SSSR count). The second-order valence-electron chi connectivity index (χ2n) is 7.98. The summed E-state index contributed by atoms with van der Waals surface area (Å²) in [5, 5.41) is 15.6. The number of aliphatic carboxylic acids is 2. The number of carboxylic acids is 2. The molecule has 0 spiro atoms. The van der Waals surface area contributed by atoms with Crippen LogP contribution >= 0.6 is 0 Å². The lowest BCUT2D eigenvalue weighted by molar-refractivity contribution is -0.153. The Bertz CT molecular complexity index is 1190. The minimum absolute atomic E-state index is 0.136. The van der Waals surface area contributed by atoms with Gasteiger partial charge in [-0.2, -0.15) is 13.2 Å². The maximum absolute atomic E-state index is 13.5. The third-order valence-electron chi connectivity index (χ3n) is 5.19. The SMILES string of the molecule is O=C(O)C=CC(=O)O.O=c1cc[nH]c(=O)n1CCCN1CCN(c2ccc(F)cc2OCC(F)(F)F)CC1. The Hall–Kier alpha value is -4.14. The number of ether oxygens (including phenoxy) is 1. The number of nitrogens with one attached hydrogen (secondary N) is 1. The summed E-state index contributed by atoms with van der Waals surface area (Å²) >= 11 is 0. The molecule has 0 amide bonds. The van der Waals surface area contributed by atoms with Crippen molar-refractivity contribution in [1.82, 2.24) is 14.5 Å². The molecule has 1 aromatic carbocycles. The van der Waals surface area contributed by atoms with Crippen molar-refractivity contribution >= 4 is 17.6 Å². The molecule has 1 aliphatic rings. The largest absolute Gasteiger partial charge is 0.482 e. The molecule has 0 radical (unpaired) electrons. The van der Waals surface area contributed by atoms with Gasteiger partial charge >= 0.3 is 23.8 Å². The van der Waals surface area contributed by atoms with Crippen molar-refractivity contribution in [2.24, 2.45) is 0 Å². The van der Waals surface area contributed by atoms with Crippen LogP contribution in [-0.4, -0.2) is 82.1 Å². The summed E-state index contributed by atoms with van der Waals surface area (Å²) in [6, 6.07) is 4.87. The molecule has 15 heteroatoms. The lowest BCUT2D eigenvalue weighted by Gasteiger charge is -2.36. The summed E-state index contributed by atoms with van der Waals surface area (Å²) in [7, 11) is 0. The molecule has 2 aromatic rings. The van der Waals surface area contributed by atoms with Crippen molar-refractivity contribution < 1.29 is 42.1 Å². The van der Waals surface area contributed by atoms with Crippen LogP contribution in [0.2, 0.25) is 0 Å². The van der Waals surface area contributed by atoms with E-state index in [9.17, 15) is 36.7 Å². The van der Waals surface area contributed by atoms with Crippen molar-refractivity contribution in [3.63, 3.8) is 0 Å². The minimum atomic E-state index is -4.51. The molecule has 1 aromatic heterocycles. The van der Waals surface area contributed by atoms with Crippen LogP contribution in [0, 0.1) is 5.82 Å². The summed E-state index contributed by atoms with van der Waals surface area (Å²) < 4.78 is 56.9. The first-order valence-electron chi connectivity index (χ1n) is 11.2. The molecule has 11 nitrogen and oxygen atoms in total. The van der Waals surface area contributed by atoms with E-state index in [1.54, 1.807) is 0 Å². The van der Waals surface area contributed by atoms with Crippen molar-refractivity contribution in [3.05, 3.63) is 69.3 Å². The van der Waals surface area contributed by atoms with Crippen LogP contribution in [0.4, 0.5) is 23.2 Å². The quantitative estimate of drug-likeness (QED) is 0.315. The van der Waals surface area contributed by atoms with E-state index in [1.807, 2.05) is 4.90 Å². The molecule has 1 aliphatic heterocycles. The van der Waals surface area contributed by atoms with Crippen molar-refractivity contribution in [2.45, 2.75) is 19.1 Å². The predicted molar refractivity (Wildman–Crippen MR) is 127 cm³/mol. The first-order valence-corrected chi connectivity index (χ1v) is 11.2. The fraction of sp³-hybridized carbons (Fsp3) is 0.391. The number of aromatic nitrogens is 2. The summed E-state index contributed by atoms with van der Waals surface area (Å²) in [6.45, 7) is 1.80. The Balaban J connectivity index is 0.000000550. The number of carbonyl (C=O) groups is 2. The summed E-state index contributed by atoms with van der Waals surface area (Å²) in [5.74, 6) is -3.32. The number of piperazine rings is 1. The molecule has 1 saturated heterocycles. The molecule has 2 heterocycles. The molecule has 38 heavy (non-hydrogen) atoms. The van der Waals surface area contributed by atoms with Crippen molar-refractivity contribution in [3.8, 4) is 5.75 Å². The zero-order valence-corrected chi connectivity index (χ0v) is 20.0. The molecule has 1 fully saturated rings. The van der Waals surface area contributed by atoms with Crippen molar-refractivity contribution in [2.75, 3.05) is 44.2 Å². The molecule has 0 bridgehead atoms. The highest BCUT2D eigenvalue weighted by Gasteiger charge is 2.29. The summed E-state index contributed by atoms with van der Waals surface area (Å²) in [6.07, 6.45) is -1.48. The first-order chi connectivity index (χ1) is 17.9. The van der Waals surface area contributed by atoms with Gasteiger partial charge in [-0.05, 0) is 25.1 Å². The van der Waals surface area contributed by atoms with Gasteiger partial charge in [0.2, 0.25) is 0 Å². The molecular formula is C23H26F4N4O7. The maximum atomic E-state index is 13.5. The highest BCUT2D eigenvalue weighted by atomic mass is 19.4. The van der Waals surface area contributed by atoms with Crippen LogP contribution < -0.4 is 20.9 Å². The van der Waals surface area contributed by atoms with E-state index in [4.69, 9.17) is 14.9 Å². The molecule has 208 valence electrons. The Labute approximate surface area is 213 Å². The summed E-state index contributed by atoms with van der Waals surface area (Å²) in [5.41, 5.74) is -0.385. The molecule has 3 N–H and O–H groups in total. The van der Waals surface area contributed by atoms with Crippen LogP contribution in [0.25, 0.3) is 0 Å². The van der Waals surface area contributed by atoms with Gasteiger partial charge in [-0.15, -0.1) is 0 Å². The normalized spacial score (nSPS) is 14.2. The Morgan fingerprint density at radius 1 is 1.00 bits per heavy atom. The number of anilines is 1. The van der Waals surface area contributed by atoms with Crippen LogP contribution in [0.3, 0.4) is 0 Å². The van der Waals surface area contributed by atoms with Crippen molar-refractivity contribution in [1.29, 1.82) is 0 Å². The van der Waals surface area contributed by atoms with Gasteiger partial charge in [0.1, 0.15) is 11.6 Å². The first kappa shape index (κ1) is 30.1. The number of alkyl halides is 3. The van der Waals surface area contributed by atoms with E-state index in [1.165, 1.54) is 24.4 Å². The van der Waals surface area contributed by atoms with Crippen LogP contribution in [0.5, 0.6) is 5.75 Å². The topological polar surface area (TPSA) is 145 Å². The lowest BCUT2D eigenvalue weighted by atomic mass is 10.2. The van der Waals surface area contributed by atoms with E-state index in [-0.39, 0.29) is 11.3 Å². The summed E-state index contributed by atoms with van der Waals surface area (Å²) in [4.78, 5) is 48.9. The zero-order valence-electron chi connectivity index (χ0n) is 20.0. The average molecular weight is 546 g/mol. The molecule has 0 saturated carbocycles. The third kappa shape index (κ3) is 10.5. The monoisotopic (exact) mass is 546 g/mol.